The second-order valence-electron chi connectivity index (χ2n) is 6.20. The maximum absolute atomic E-state index is 14.0. The number of nitrogens with one attached hydrogen (secondary N) is 1. The van der Waals surface area contributed by atoms with E-state index in [0.717, 1.165) is 12.1 Å². The van der Waals surface area contributed by atoms with Gasteiger partial charge < -0.3 is 4.57 Å². The van der Waals surface area contributed by atoms with Crippen molar-refractivity contribution in [2.24, 2.45) is 7.05 Å². The number of carbonyl (C=O) groups excluding carboxylic acids is 1. The highest BCUT2D eigenvalue weighted by molar-refractivity contribution is 9.10. The van der Waals surface area contributed by atoms with Crippen LogP contribution in [0.4, 0.5) is 8.78 Å². The molecule has 0 aliphatic carbocycles. The lowest BCUT2D eigenvalue weighted by atomic mass is 10.2. The smallest absolute Gasteiger partial charge is 0.285 e. The van der Waals surface area contributed by atoms with Gasteiger partial charge >= 0.3 is 0 Å². The number of aromatic nitrogens is 2. The molecule has 0 fully saturated rings. The molecule has 0 spiro atoms. The highest BCUT2D eigenvalue weighted by Gasteiger charge is 2.25. The molecule has 1 heterocycles. The maximum atomic E-state index is 14.0. The normalized spacial score (nSPS) is 11.5. The second kappa shape index (κ2) is 8.03. The third kappa shape index (κ3) is 4.23. The van der Waals surface area contributed by atoms with Gasteiger partial charge in [-0.2, -0.15) is 0 Å². The first kappa shape index (κ1) is 21.1. The average molecular weight is 484 g/mol. The first-order chi connectivity index (χ1) is 13.6. The first-order valence-electron chi connectivity index (χ1n) is 8.47. The summed E-state index contributed by atoms with van der Waals surface area (Å²) in [5.41, 5.74) is -0.170. The summed E-state index contributed by atoms with van der Waals surface area (Å²) in [6, 6.07) is 7.93. The molecule has 1 amide bonds. The van der Waals surface area contributed by atoms with Crippen molar-refractivity contribution in [3.63, 3.8) is 0 Å². The van der Waals surface area contributed by atoms with E-state index in [9.17, 15) is 22.0 Å². The van der Waals surface area contributed by atoms with E-state index in [4.69, 9.17) is 0 Å². The summed E-state index contributed by atoms with van der Waals surface area (Å²) in [6.45, 7) is 1.79. The minimum Gasteiger partial charge on any atom is -0.333 e. The molecule has 0 aliphatic heterocycles. The lowest BCUT2D eigenvalue weighted by molar-refractivity contribution is 0.0977. The van der Waals surface area contributed by atoms with Crippen LogP contribution in [0.15, 0.2) is 52.0 Å². The van der Waals surface area contributed by atoms with Crippen LogP contribution in [0.3, 0.4) is 0 Å². The molecule has 1 aromatic heterocycles. The highest BCUT2D eigenvalue weighted by Crippen LogP contribution is 2.25. The van der Waals surface area contributed by atoms with Crippen molar-refractivity contribution in [2.45, 2.75) is 18.2 Å². The zero-order valence-electron chi connectivity index (χ0n) is 15.4. The van der Waals surface area contributed by atoms with Crippen LogP contribution in [-0.4, -0.2) is 23.9 Å². The summed E-state index contributed by atoms with van der Waals surface area (Å²) < 4.78 is 57.4. The van der Waals surface area contributed by atoms with Gasteiger partial charge in [0, 0.05) is 17.7 Å². The van der Waals surface area contributed by atoms with Crippen molar-refractivity contribution in [1.82, 2.24) is 14.3 Å². The quantitative estimate of drug-likeness (QED) is 0.598. The van der Waals surface area contributed by atoms with Gasteiger partial charge in [0.05, 0.1) is 10.5 Å². The topological polar surface area (TPSA) is 81.1 Å². The van der Waals surface area contributed by atoms with Crippen molar-refractivity contribution in [1.29, 1.82) is 0 Å². The average Bonchev–Trinajstić information content (AvgIpc) is 3.02. The summed E-state index contributed by atoms with van der Waals surface area (Å²) in [5.74, 6) is -2.84. The Morgan fingerprint density at radius 1 is 1.21 bits per heavy atom. The van der Waals surface area contributed by atoms with E-state index < -0.39 is 33.1 Å². The zero-order valence-corrected chi connectivity index (χ0v) is 17.8. The van der Waals surface area contributed by atoms with Crippen molar-refractivity contribution < 1.29 is 22.0 Å². The minimum atomic E-state index is -4.17. The molecule has 0 unspecified atom stereocenters. The van der Waals surface area contributed by atoms with Crippen LogP contribution >= 0.6 is 15.9 Å². The SMILES string of the molecule is CCc1cc(Br)ccc1S(=O)(=O)NC(=O)c1cn(C)c(-c2c(F)cccc2F)n1. The van der Waals surface area contributed by atoms with Crippen LogP contribution in [-0.2, 0) is 23.5 Å². The van der Waals surface area contributed by atoms with Crippen molar-refractivity contribution in [2.75, 3.05) is 0 Å². The molecular formula is C19H16BrF2N3O3S. The van der Waals surface area contributed by atoms with Crippen LogP contribution in [0.2, 0.25) is 0 Å². The number of amides is 1. The summed E-state index contributed by atoms with van der Waals surface area (Å²) in [6.07, 6.45) is 1.64. The number of rotatable bonds is 5. The Hall–Kier alpha value is -2.59. The predicted octanol–water partition coefficient (Wildman–Crippen LogP) is 3.81. The van der Waals surface area contributed by atoms with Gasteiger partial charge in [0.1, 0.15) is 23.2 Å². The van der Waals surface area contributed by atoms with E-state index in [1.54, 1.807) is 19.1 Å². The standard InChI is InChI=1S/C19H16BrF2N3O3S/c1-3-11-9-12(20)7-8-16(11)29(27,28)24-19(26)15-10-25(2)18(23-15)17-13(21)5-4-6-14(17)22/h4-10H,3H2,1-2H3,(H,24,26). The molecule has 0 saturated heterocycles. The molecule has 6 nitrogen and oxygen atoms in total. The van der Waals surface area contributed by atoms with Crippen LogP contribution < -0.4 is 4.72 Å². The fourth-order valence-electron chi connectivity index (χ4n) is 2.84. The third-order valence-electron chi connectivity index (χ3n) is 4.22. The van der Waals surface area contributed by atoms with Crippen molar-refractivity contribution in [3.05, 3.63) is 70.0 Å². The molecule has 0 radical (unpaired) electrons. The molecule has 152 valence electrons. The highest BCUT2D eigenvalue weighted by atomic mass is 79.9. The number of hydrogen-bond acceptors (Lipinski definition) is 4. The molecule has 0 atom stereocenters. The number of aryl methyl sites for hydroxylation is 2. The number of nitrogens with zero attached hydrogens (tertiary/aromatic N) is 2. The van der Waals surface area contributed by atoms with Gasteiger partial charge in [0.2, 0.25) is 0 Å². The number of sulfonamides is 1. The molecular weight excluding hydrogens is 468 g/mol. The van der Waals surface area contributed by atoms with Gasteiger partial charge in [0.25, 0.3) is 15.9 Å². The maximum Gasteiger partial charge on any atom is 0.285 e. The molecule has 10 heteroatoms. The van der Waals surface area contributed by atoms with Gasteiger partial charge in [-0.05, 0) is 42.3 Å². The Labute approximate surface area is 174 Å². The van der Waals surface area contributed by atoms with Crippen LogP contribution in [0.25, 0.3) is 11.4 Å². The molecule has 0 aliphatic rings. The number of hydrogen-bond donors (Lipinski definition) is 1. The van der Waals surface area contributed by atoms with Gasteiger partial charge in [0.15, 0.2) is 0 Å². The van der Waals surface area contributed by atoms with Crippen LogP contribution in [0.1, 0.15) is 23.0 Å². The number of carbonyl (C=O) groups is 1. The summed E-state index contributed by atoms with van der Waals surface area (Å²) in [5, 5.41) is 0. The molecule has 3 rings (SSSR count). The van der Waals surface area contributed by atoms with Crippen LogP contribution in [0, 0.1) is 11.6 Å². The zero-order chi connectivity index (χ0) is 21.3. The van der Waals surface area contributed by atoms with Gasteiger partial charge in [-0.25, -0.2) is 26.9 Å². The van der Waals surface area contributed by atoms with Gasteiger partial charge in [-0.1, -0.05) is 28.9 Å². The fraction of sp³-hybridized carbons (Fsp3) is 0.158. The first-order valence-corrected chi connectivity index (χ1v) is 10.7. The molecule has 2 aromatic carbocycles. The molecule has 3 aromatic rings. The molecule has 1 N–H and O–H groups in total. The van der Waals surface area contributed by atoms with Crippen molar-refractivity contribution in [3.8, 4) is 11.4 Å². The van der Waals surface area contributed by atoms with E-state index in [1.807, 2.05) is 4.72 Å². The van der Waals surface area contributed by atoms with E-state index in [1.165, 1.54) is 29.9 Å². The van der Waals surface area contributed by atoms with Crippen LogP contribution in [0.5, 0.6) is 0 Å². The summed E-state index contributed by atoms with van der Waals surface area (Å²) >= 11 is 3.28. The number of benzene rings is 2. The van der Waals surface area contributed by atoms with E-state index >= 15 is 0 Å². The predicted molar refractivity (Wildman–Crippen MR) is 107 cm³/mol. The Kier molecular flexibility index (Phi) is 5.85. The second-order valence-corrected chi connectivity index (χ2v) is 8.76. The Bertz CT molecular complexity index is 1190. The molecule has 0 saturated carbocycles. The lowest BCUT2D eigenvalue weighted by Crippen LogP contribution is -2.31. The van der Waals surface area contributed by atoms with Gasteiger partial charge in [-0.3, -0.25) is 4.79 Å². The molecule has 29 heavy (non-hydrogen) atoms. The monoisotopic (exact) mass is 483 g/mol. The van der Waals surface area contributed by atoms with E-state index in [-0.39, 0.29) is 16.4 Å². The summed E-state index contributed by atoms with van der Waals surface area (Å²) in [4.78, 5) is 16.4. The largest absolute Gasteiger partial charge is 0.333 e. The van der Waals surface area contributed by atoms with E-state index in [0.29, 0.717) is 16.5 Å². The third-order valence-corrected chi connectivity index (χ3v) is 6.14. The Morgan fingerprint density at radius 3 is 2.48 bits per heavy atom. The number of imidazole rings is 1. The lowest BCUT2D eigenvalue weighted by Gasteiger charge is -2.10. The Morgan fingerprint density at radius 2 is 1.86 bits per heavy atom. The van der Waals surface area contributed by atoms with Gasteiger partial charge in [-0.15, -0.1) is 0 Å². The minimum absolute atomic E-state index is 0.0344. The summed E-state index contributed by atoms with van der Waals surface area (Å²) in [7, 11) is -2.72. The van der Waals surface area contributed by atoms with Crippen molar-refractivity contribution >= 4 is 31.9 Å². The Balaban J connectivity index is 1.95. The van der Waals surface area contributed by atoms with E-state index in [2.05, 4.69) is 20.9 Å². The fourth-order valence-corrected chi connectivity index (χ4v) is 4.50. The number of halogens is 3. The molecule has 0 bridgehead atoms.